The minimum absolute atomic E-state index is 0.0501. The number of rotatable bonds is 6. The number of carboxylic acid groups (broad SMARTS) is 1. The number of benzene rings is 1. The van der Waals surface area contributed by atoms with Gasteiger partial charge in [0, 0.05) is 30.5 Å². The number of nitrogens with zero attached hydrogens (tertiary/aromatic N) is 3. The highest BCUT2D eigenvalue weighted by Gasteiger charge is 2.18. The Kier molecular flexibility index (Phi) is 5.58. The van der Waals surface area contributed by atoms with E-state index in [1.807, 2.05) is 13.8 Å². The molecule has 150 valence electrons. The number of hydrogen-bond donors (Lipinski definition) is 3. The fraction of sp³-hybridized carbons (Fsp3) is 0.250. The van der Waals surface area contributed by atoms with Gasteiger partial charge in [0.25, 0.3) is 11.8 Å². The first-order valence-corrected chi connectivity index (χ1v) is 8.98. The number of carbonyl (C=O) groups excluding carboxylic acids is 2. The van der Waals surface area contributed by atoms with Crippen molar-refractivity contribution in [3.63, 3.8) is 0 Å². The Morgan fingerprint density at radius 3 is 2.45 bits per heavy atom. The van der Waals surface area contributed by atoms with Crippen molar-refractivity contribution in [2.75, 3.05) is 11.9 Å². The van der Waals surface area contributed by atoms with Crippen LogP contribution >= 0.6 is 0 Å². The lowest BCUT2D eigenvalue weighted by atomic mass is 10.1. The van der Waals surface area contributed by atoms with E-state index < -0.39 is 5.97 Å². The zero-order chi connectivity index (χ0) is 21.1. The van der Waals surface area contributed by atoms with E-state index in [0.29, 0.717) is 39.2 Å². The van der Waals surface area contributed by atoms with Crippen LogP contribution in [0.2, 0.25) is 0 Å². The highest BCUT2D eigenvalue weighted by atomic mass is 16.4. The Balaban J connectivity index is 1.76. The van der Waals surface area contributed by atoms with Gasteiger partial charge in [-0.2, -0.15) is 5.10 Å². The molecule has 0 atom stereocenters. The van der Waals surface area contributed by atoms with Gasteiger partial charge in [0.2, 0.25) is 0 Å². The Labute approximate surface area is 166 Å². The predicted octanol–water partition coefficient (Wildman–Crippen LogP) is 2.04. The van der Waals surface area contributed by atoms with Gasteiger partial charge in [-0.3, -0.25) is 19.1 Å². The molecule has 0 spiro atoms. The van der Waals surface area contributed by atoms with Crippen LogP contribution < -0.4 is 10.6 Å². The van der Waals surface area contributed by atoms with Crippen LogP contribution in [0.3, 0.4) is 0 Å². The van der Waals surface area contributed by atoms with Crippen molar-refractivity contribution in [3.8, 4) is 0 Å². The van der Waals surface area contributed by atoms with Crippen LogP contribution in [0.15, 0.2) is 30.3 Å². The maximum Gasteiger partial charge on any atom is 0.305 e. The summed E-state index contributed by atoms with van der Waals surface area (Å²) in [4.78, 5) is 39.8. The first-order chi connectivity index (χ1) is 13.8. The molecule has 0 bridgehead atoms. The molecule has 1 aromatic carbocycles. The summed E-state index contributed by atoms with van der Waals surface area (Å²) in [5.41, 5.74) is 3.45. The minimum atomic E-state index is -0.979. The Bertz CT molecular complexity index is 1100. The van der Waals surface area contributed by atoms with Gasteiger partial charge in [-0.05, 0) is 44.2 Å². The van der Waals surface area contributed by atoms with Gasteiger partial charge in [-0.15, -0.1) is 0 Å². The molecule has 29 heavy (non-hydrogen) atoms. The monoisotopic (exact) mass is 395 g/mol. The number of carboxylic acids is 1. The molecule has 9 nitrogen and oxygen atoms in total. The second kappa shape index (κ2) is 8.09. The topological polar surface area (TPSA) is 126 Å². The zero-order valence-electron chi connectivity index (χ0n) is 16.3. The van der Waals surface area contributed by atoms with Gasteiger partial charge >= 0.3 is 5.97 Å². The van der Waals surface area contributed by atoms with Crippen LogP contribution in [0, 0.1) is 13.8 Å². The summed E-state index contributed by atoms with van der Waals surface area (Å²) in [7, 11) is 1.78. The number of aryl methyl sites for hydroxylation is 3. The van der Waals surface area contributed by atoms with Crippen molar-refractivity contribution in [2.45, 2.75) is 20.3 Å². The van der Waals surface area contributed by atoms with Crippen molar-refractivity contribution in [1.82, 2.24) is 20.1 Å². The molecule has 3 N–H and O–H groups in total. The lowest BCUT2D eigenvalue weighted by molar-refractivity contribution is -0.136. The van der Waals surface area contributed by atoms with E-state index >= 15 is 0 Å². The summed E-state index contributed by atoms with van der Waals surface area (Å²) in [5, 5.41) is 19.0. The Morgan fingerprint density at radius 2 is 1.79 bits per heavy atom. The second-order valence-electron chi connectivity index (χ2n) is 6.65. The van der Waals surface area contributed by atoms with E-state index in [4.69, 9.17) is 5.11 Å². The SMILES string of the molecule is Cc1cc(C(=O)Nc2ccc(C(=O)NCCC(=O)O)cc2)c2c(C)nn(C)c2n1. The lowest BCUT2D eigenvalue weighted by Gasteiger charge is -2.09. The molecule has 0 aliphatic rings. The van der Waals surface area contributed by atoms with Crippen molar-refractivity contribution in [2.24, 2.45) is 7.05 Å². The number of aliphatic carboxylic acids is 1. The van der Waals surface area contributed by atoms with Crippen LogP contribution in [0.25, 0.3) is 11.0 Å². The Morgan fingerprint density at radius 1 is 1.10 bits per heavy atom. The molecule has 3 rings (SSSR count). The van der Waals surface area contributed by atoms with E-state index in [9.17, 15) is 14.4 Å². The number of nitrogens with one attached hydrogen (secondary N) is 2. The summed E-state index contributed by atoms with van der Waals surface area (Å²) < 4.78 is 1.65. The molecule has 0 aliphatic heterocycles. The van der Waals surface area contributed by atoms with Crippen LogP contribution in [0.5, 0.6) is 0 Å². The van der Waals surface area contributed by atoms with Gasteiger partial charge in [-0.25, -0.2) is 4.98 Å². The molecule has 0 unspecified atom stereocenters. The summed E-state index contributed by atoms with van der Waals surface area (Å²) in [6.07, 6.45) is -0.145. The number of aromatic nitrogens is 3. The number of pyridine rings is 1. The maximum absolute atomic E-state index is 12.9. The molecule has 0 saturated heterocycles. The normalized spacial score (nSPS) is 10.7. The standard InChI is InChI=1S/C20H21N5O4/c1-11-10-15(17-12(2)24-25(3)18(17)22-11)20(29)23-14-6-4-13(5-7-14)19(28)21-9-8-16(26)27/h4-7,10H,8-9H2,1-3H3,(H,21,28)(H,23,29)(H,26,27). The summed E-state index contributed by atoms with van der Waals surface area (Å²) >= 11 is 0. The third-order valence-corrected chi connectivity index (χ3v) is 4.37. The number of amides is 2. The van der Waals surface area contributed by atoms with Crippen LogP contribution in [-0.2, 0) is 11.8 Å². The first-order valence-electron chi connectivity index (χ1n) is 8.98. The third kappa shape index (κ3) is 4.40. The molecule has 3 aromatic rings. The second-order valence-corrected chi connectivity index (χ2v) is 6.65. The molecular weight excluding hydrogens is 374 g/mol. The van der Waals surface area contributed by atoms with Crippen molar-refractivity contribution in [3.05, 3.63) is 52.8 Å². The molecule has 0 saturated carbocycles. The van der Waals surface area contributed by atoms with Gasteiger partial charge in [0.05, 0.1) is 23.1 Å². The average molecular weight is 395 g/mol. The molecule has 2 amide bonds. The fourth-order valence-corrected chi connectivity index (χ4v) is 3.04. The van der Waals surface area contributed by atoms with E-state index in [0.717, 1.165) is 0 Å². The maximum atomic E-state index is 12.9. The quantitative estimate of drug-likeness (QED) is 0.586. The van der Waals surface area contributed by atoms with E-state index in [2.05, 4.69) is 20.7 Å². The van der Waals surface area contributed by atoms with Gasteiger partial charge in [-0.1, -0.05) is 0 Å². The van der Waals surface area contributed by atoms with E-state index in [-0.39, 0.29) is 24.8 Å². The van der Waals surface area contributed by atoms with Gasteiger partial charge < -0.3 is 15.7 Å². The summed E-state index contributed by atoms with van der Waals surface area (Å²) in [5.74, 6) is -1.65. The van der Waals surface area contributed by atoms with Crippen LogP contribution in [0.1, 0.15) is 38.5 Å². The Hall–Kier alpha value is -3.75. The first kappa shape index (κ1) is 20.0. The molecule has 0 aliphatic carbocycles. The molecule has 2 heterocycles. The van der Waals surface area contributed by atoms with Crippen LogP contribution in [0.4, 0.5) is 5.69 Å². The number of hydrogen-bond acceptors (Lipinski definition) is 5. The van der Waals surface area contributed by atoms with E-state index in [1.54, 1.807) is 42.1 Å². The largest absolute Gasteiger partial charge is 0.481 e. The third-order valence-electron chi connectivity index (χ3n) is 4.37. The number of anilines is 1. The molecule has 9 heteroatoms. The molecule has 2 aromatic heterocycles. The molecule has 0 fully saturated rings. The average Bonchev–Trinajstić information content (AvgIpc) is 2.95. The minimum Gasteiger partial charge on any atom is -0.481 e. The van der Waals surface area contributed by atoms with Gasteiger partial charge in [0.1, 0.15) is 0 Å². The zero-order valence-corrected chi connectivity index (χ0v) is 16.3. The van der Waals surface area contributed by atoms with Gasteiger partial charge in [0.15, 0.2) is 5.65 Å². The fourth-order valence-electron chi connectivity index (χ4n) is 3.04. The highest BCUT2D eigenvalue weighted by molar-refractivity contribution is 6.12. The number of fused-ring (bicyclic) bond motifs is 1. The summed E-state index contributed by atoms with van der Waals surface area (Å²) in [6.45, 7) is 3.69. The molecule has 0 radical (unpaired) electrons. The van der Waals surface area contributed by atoms with Crippen molar-refractivity contribution < 1.29 is 19.5 Å². The lowest BCUT2D eigenvalue weighted by Crippen LogP contribution is -2.25. The number of carbonyl (C=O) groups is 3. The smallest absolute Gasteiger partial charge is 0.305 e. The van der Waals surface area contributed by atoms with E-state index in [1.165, 1.54) is 0 Å². The van der Waals surface area contributed by atoms with Crippen LogP contribution in [-0.4, -0.2) is 44.2 Å². The van der Waals surface area contributed by atoms with Crippen molar-refractivity contribution in [1.29, 1.82) is 0 Å². The molecular formula is C20H21N5O4. The van der Waals surface area contributed by atoms with Crippen molar-refractivity contribution >= 4 is 34.5 Å². The predicted molar refractivity (Wildman–Crippen MR) is 107 cm³/mol. The summed E-state index contributed by atoms with van der Waals surface area (Å²) in [6, 6.07) is 8.08. The highest BCUT2D eigenvalue weighted by Crippen LogP contribution is 2.23.